The number of carbonyl (C=O) groups is 2. The smallest absolute Gasteiger partial charge is 0.408 e. The second kappa shape index (κ2) is 8.64. The van der Waals surface area contributed by atoms with Crippen LogP contribution in [-0.2, 0) is 14.3 Å². The van der Waals surface area contributed by atoms with E-state index < -0.39 is 5.60 Å². The Hall–Kier alpha value is -0.910. The molecule has 6 heteroatoms. The largest absolute Gasteiger partial charge is 0.462 e. The molecule has 5 aliphatic rings. The molecule has 5 saturated carbocycles. The number of esters is 1. The number of hydrogen-bond donors (Lipinski definition) is 1. The van der Waals surface area contributed by atoms with Crippen molar-refractivity contribution in [2.45, 2.75) is 110 Å². The minimum atomic E-state index is -0.499. The van der Waals surface area contributed by atoms with Gasteiger partial charge in [0, 0.05) is 23.8 Å². The summed E-state index contributed by atoms with van der Waals surface area (Å²) in [5, 5.41) is 3.34. The van der Waals surface area contributed by atoms with E-state index in [0.29, 0.717) is 23.7 Å². The van der Waals surface area contributed by atoms with Crippen LogP contribution in [0.2, 0.25) is 0 Å². The van der Waals surface area contributed by atoms with Crippen molar-refractivity contribution in [2.75, 3.05) is 12.0 Å². The van der Waals surface area contributed by atoms with Gasteiger partial charge in [0.05, 0.1) is 0 Å². The third-order valence-electron chi connectivity index (χ3n) is 9.88. The molecule has 1 spiro atoms. The number of alkyl carbamates (subject to hydrolysis) is 1. The molecule has 0 aromatic rings. The van der Waals surface area contributed by atoms with Crippen LogP contribution >= 0.6 is 11.8 Å². The van der Waals surface area contributed by atoms with Crippen molar-refractivity contribution in [3.8, 4) is 0 Å². The zero-order valence-electron chi connectivity index (χ0n) is 21.8. The van der Waals surface area contributed by atoms with Gasteiger partial charge in [0.15, 0.2) is 0 Å². The number of fused-ring (bicyclic) bond motifs is 3. The molecule has 0 aromatic heterocycles. The topological polar surface area (TPSA) is 64.6 Å². The summed E-state index contributed by atoms with van der Waals surface area (Å²) in [5.74, 6) is 3.03. The fraction of sp³-hybridized carbons (Fsp3) is 0.926. The number of thioether (sulfide) groups is 1. The second-order valence-corrected chi connectivity index (χ2v) is 13.9. The highest BCUT2D eigenvalue weighted by Gasteiger charge is 2.68. The molecular weight excluding hydrogens is 434 g/mol. The Morgan fingerprint density at radius 3 is 2.39 bits per heavy atom. The second-order valence-electron chi connectivity index (χ2n) is 13.0. The Balaban J connectivity index is 1.65. The van der Waals surface area contributed by atoms with Crippen LogP contribution in [-0.4, -0.2) is 41.3 Å². The maximum absolute atomic E-state index is 12.8. The van der Waals surface area contributed by atoms with E-state index in [9.17, 15) is 9.59 Å². The first kappa shape index (κ1) is 25.2. The monoisotopic (exact) mass is 479 g/mol. The lowest BCUT2D eigenvalue weighted by Gasteiger charge is -2.70. The Labute approximate surface area is 204 Å². The van der Waals surface area contributed by atoms with Crippen LogP contribution in [0.4, 0.5) is 4.79 Å². The first-order chi connectivity index (χ1) is 15.3. The summed E-state index contributed by atoms with van der Waals surface area (Å²) in [7, 11) is 0. The van der Waals surface area contributed by atoms with Crippen molar-refractivity contribution in [2.24, 2.45) is 34.5 Å². The van der Waals surface area contributed by atoms with Gasteiger partial charge in [0.25, 0.3) is 0 Å². The van der Waals surface area contributed by atoms with Crippen molar-refractivity contribution >= 4 is 23.8 Å². The highest BCUT2D eigenvalue weighted by atomic mass is 32.2. The van der Waals surface area contributed by atoms with Gasteiger partial charge in [-0.05, 0) is 108 Å². The summed E-state index contributed by atoms with van der Waals surface area (Å²) in [6.45, 7) is 12.1. The van der Waals surface area contributed by atoms with Crippen LogP contribution in [0.25, 0.3) is 0 Å². The predicted octanol–water partition coefficient (Wildman–Crippen LogP) is 6.20. The van der Waals surface area contributed by atoms with Crippen LogP contribution in [0.5, 0.6) is 0 Å². The fourth-order valence-corrected chi connectivity index (χ4v) is 9.76. The van der Waals surface area contributed by atoms with Gasteiger partial charge in [-0.25, -0.2) is 4.79 Å². The molecule has 2 bridgehead atoms. The Kier molecular flexibility index (Phi) is 6.59. The maximum atomic E-state index is 12.8. The Morgan fingerprint density at radius 2 is 1.76 bits per heavy atom. The molecule has 0 aliphatic heterocycles. The average molecular weight is 480 g/mol. The van der Waals surface area contributed by atoms with Crippen molar-refractivity contribution in [3.05, 3.63) is 0 Å². The van der Waals surface area contributed by atoms with E-state index in [-0.39, 0.29) is 34.5 Å². The van der Waals surface area contributed by atoms with Crippen LogP contribution in [0, 0.1) is 34.5 Å². The molecule has 5 fully saturated rings. The fourth-order valence-electron chi connectivity index (χ4n) is 8.93. The van der Waals surface area contributed by atoms with Crippen LogP contribution in [0.1, 0.15) is 92.9 Å². The lowest BCUT2D eigenvalue weighted by atomic mass is 9.36. The molecule has 0 unspecified atom stereocenters. The molecule has 5 rings (SSSR count). The van der Waals surface area contributed by atoms with E-state index in [1.165, 1.54) is 25.7 Å². The molecule has 8 atom stereocenters. The molecule has 1 N–H and O–H groups in total. The first-order valence-electron chi connectivity index (χ1n) is 13.0. The summed E-state index contributed by atoms with van der Waals surface area (Å²) in [6.07, 6.45) is 11.1. The van der Waals surface area contributed by atoms with Gasteiger partial charge in [-0.15, -0.1) is 0 Å². The number of rotatable bonds is 4. The van der Waals surface area contributed by atoms with E-state index in [1.807, 2.05) is 32.5 Å². The lowest BCUT2D eigenvalue weighted by Crippen LogP contribution is -2.70. The number of ether oxygens (including phenoxy) is 2. The van der Waals surface area contributed by atoms with Gasteiger partial charge >= 0.3 is 12.1 Å². The normalized spacial score (nSPS) is 44.4. The molecule has 0 radical (unpaired) electrons. The van der Waals surface area contributed by atoms with Crippen molar-refractivity contribution < 1.29 is 19.1 Å². The zero-order chi connectivity index (χ0) is 24.2. The molecule has 1 amide bonds. The van der Waals surface area contributed by atoms with E-state index in [0.717, 1.165) is 31.4 Å². The summed E-state index contributed by atoms with van der Waals surface area (Å²) < 4.78 is 11.9. The van der Waals surface area contributed by atoms with Crippen LogP contribution in [0.15, 0.2) is 0 Å². The summed E-state index contributed by atoms with van der Waals surface area (Å²) in [4.78, 5) is 25.0. The minimum absolute atomic E-state index is 0.0460. The molecule has 0 aromatic carbocycles. The maximum Gasteiger partial charge on any atom is 0.408 e. The van der Waals surface area contributed by atoms with E-state index >= 15 is 0 Å². The number of amides is 1. The molecular formula is C27H45NO4S. The zero-order valence-corrected chi connectivity index (χ0v) is 22.6. The van der Waals surface area contributed by atoms with Gasteiger partial charge in [-0.2, -0.15) is 11.8 Å². The molecule has 5 aliphatic carbocycles. The third kappa shape index (κ3) is 4.31. The molecule has 188 valence electrons. The van der Waals surface area contributed by atoms with E-state index in [2.05, 4.69) is 25.4 Å². The number of carbonyl (C=O) groups excluding carboxylic acids is 2. The van der Waals surface area contributed by atoms with Gasteiger partial charge < -0.3 is 14.8 Å². The SMILES string of the molecule is CSC[C@H]1[C@@H]2CC[C@@]3(CC[C@H]4[C@@](C)(CCC[C@@]4(C)NC(=O)OC(C)(C)C)[C@@H]3C2)[C@@H]1OC(C)=O. The Bertz CT molecular complexity index is 781. The molecule has 33 heavy (non-hydrogen) atoms. The van der Waals surface area contributed by atoms with Crippen molar-refractivity contribution in [1.82, 2.24) is 5.32 Å². The quantitative estimate of drug-likeness (QED) is 0.487. The van der Waals surface area contributed by atoms with Gasteiger partial charge in [-0.3, -0.25) is 4.79 Å². The lowest BCUT2D eigenvalue weighted by molar-refractivity contribution is -0.242. The van der Waals surface area contributed by atoms with Crippen molar-refractivity contribution in [1.29, 1.82) is 0 Å². The highest BCUT2D eigenvalue weighted by Crippen LogP contribution is 2.71. The van der Waals surface area contributed by atoms with Gasteiger partial charge in [0.2, 0.25) is 0 Å². The van der Waals surface area contributed by atoms with Gasteiger partial charge in [0.1, 0.15) is 11.7 Å². The summed E-state index contributed by atoms with van der Waals surface area (Å²) >= 11 is 1.89. The average Bonchev–Trinajstić information content (AvgIpc) is 2.68. The predicted molar refractivity (Wildman–Crippen MR) is 133 cm³/mol. The number of hydrogen-bond acceptors (Lipinski definition) is 5. The third-order valence-corrected chi connectivity index (χ3v) is 10.6. The standard InChI is InChI=1S/C27H45NO4S/c1-17(29)31-22-19(16-33-7)18-9-13-27(22)14-10-20-25(5,21(27)15-18)11-8-12-26(20,6)28-23(30)32-24(2,3)4/h18-22H,8-16H2,1-7H3,(H,28,30)/t18-,19+,20+,21+,22-,25-,26-,27+/m1/s1. The van der Waals surface area contributed by atoms with Crippen molar-refractivity contribution in [3.63, 3.8) is 0 Å². The van der Waals surface area contributed by atoms with E-state index in [1.54, 1.807) is 6.92 Å². The summed E-state index contributed by atoms with van der Waals surface area (Å²) in [6, 6.07) is 0. The van der Waals surface area contributed by atoms with Crippen LogP contribution in [0.3, 0.4) is 0 Å². The molecule has 0 saturated heterocycles. The van der Waals surface area contributed by atoms with Gasteiger partial charge in [-0.1, -0.05) is 13.3 Å². The Morgan fingerprint density at radius 1 is 1.06 bits per heavy atom. The first-order valence-corrected chi connectivity index (χ1v) is 14.4. The van der Waals surface area contributed by atoms with E-state index in [4.69, 9.17) is 9.47 Å². The minimum Gasteiger partial charge on any atom is -0.462 e. The summed E-state index contributed by atoms with van der Waals surface area (Å²) in [5.41, 5.74) is -0.526. The highest BCUT2D eigenvalue weighted by molar-refractivity contribution is 7.98. The molecule has 5 nitrogen and oxygen atoms in total. The molecule has 0 heterocycles. The van der Waals surface area contributed by atoms with Crippen LogP contribution < -0.4 is 5.32 Å². The number of nitrogens with one attached hydrogen (secondary N) is 1.